The molecule has 0 saturated carbocycles. The van der Waals surface area contributed by atoms with Gasteiger partial charge in [0.1, 0.15) is 5.60 Å². The summed E-state index contributed by atoms with van der Waals surface area (Å²) < 4.78 is 0. The van der Waals surface area contributed by atoms with Gasteiger partial charge < -0.3 is 5.11 Å². The van der Waals surface area contributed by atoms with Crippen molar-refractivity contribution in [2.75, 3.05) is 6.54 Å². The van der Waals surface area contributed by atoms with E-state index in [9.17, 15) is 5.11 Å². The Morgan fingerprint density at radius 2 is 1.40 bits per heavy atom. The normalized spacial score (nSPS) is 19.8. The zero-order valence-corrected chi connectivity index (χ0v) is 11.6. The number of aliphatic hydroxyl groups is 1. The summed E-state index contributed by atoms with van der Waals surface area (Å²) >= 11 is 0. The molecule has 1 aliphatic rings. The van der Waals surface area contributed by atoms with Gasteiger partial charge in [-0.1, -0.05) is 67.1 Å². The van der Waals surface area contributed by atoms with Crippen molar-refractivity contribution >= 4 is 0 Å². The van der Waals surface area contributed by atoms with E-state index in [-0.39, 0.29) is 6.04 Å². The van der Waals surface area contributed by atoms with Gasteiger partial charge in [0.25, 0.3) is 0 Å². The van der Waals surface area contributed by atoms with E-state index in [1.54, 1.807) is 0 Å². The van der Waals surface area contributed by atoms with Crippen molar-refractivity contribution in [2.24, 2.45) is 0 Å². The lowest BCUT2D eigenvalue weighted by atomic mass is 9.77. The van der Waals surface area contributed by atoms with Crippen LogP contribution >= 0.6 is 0 Å². The maximum Gasteiger partial charge on any atom is 0.131 e. The van der Waals surface area contributed by atoms with Crippen LogP contribution in [0.4, 0.5) is 0 Å². The molecule has 2 nitrogen and oxygen atoms in total. The van der Waals surface area contributed by atoms with Gasteiger partial charge in [0.2, 0.25) is 0 Å². The van der Waals surface area contributed by atoms with E-state index in [0.29, 0.717) is 0 Å². The first-order valence-corrected chi connectivity index (χ1v) is 7.32. The van der Waals surface area contributed by atoms with Crippen LogP contribution in [-0.4, -0.2) is 17.7 Å². The predicted octanol–water partition coefficient (Wildman–Crippen LogP) is 3.08. The predicted molar refractivity (Wildman–Crippen MR) is 80.5 cm³/mol. The zero-order valence-electron chi connectivity index (χ0n) is 11.6. The molecule has 1 aliphatic heterocycles. The molecule has 1 radical (unpaired) electrons. The van der Waals surface area contributed by atoms with Crippen LogP contribution in [0.1, 0.15) is 30.4 Å². The number of piperidine rings is 1. The summed E-state index contributed by atoms with van der Waals surface area (Å²) in [6, 6.07) is 19.8. The minimum absolute atomic E-state index is 0.0546. The molecule has 1 unspecified atom stereocenters. The van der Waals surface area contributed by atoms with Crippen LogP contribution in [0.3, 0.4) is 0 Å². The second kappa shape index (κ2) is 5.78. The van der Waals surface area contributed by atoms with Gasteiger partial charge in [0.15, 0.2) is 0 Å². The highest BCUT2D eigenvalue weighted by atomic mass is 16.3. The largest absolute Gasteiger partial charge is 0.379 e. The Hall–Kier alpha value is -1.64. The Bertz CT molecular complexity index is 492. The average Bonchev–Trinajstić information content (AvgIpc) is 2.56. The van der Waals surface area contributed by atoms with Gasteiger partial charge >= 0.3 is 0 Å². The molecule has 1 heterocycles. The fourth-order valence-corrected chi connectivity index (χ4v) is 3.06. The topological polar surface area (TPSA) is 34.3 Å². The molecule has 103 valence electrons. The van der Waals surface area contributed by atoms with E-state index in [1.165, 1.54) is 0 Å². The van der Waals surface area contributed by atoms with Gasteiger partial charge in [-0.2, -0.15) is 0 Å². The molecule has 1 fully saturated rings. The molecule has 0 amide bonds. The van der Waals surface area contributed by atoms with Crippen LogP contribution in [0.5, 0.6) is 0 Å². The molecule has 0 aromatic heterocycles. The van der Waals surface area contributed by atoms with E-state index >= 15 is 0 Å². The van der Waals surface area contributed by atoms with Crippen molar-refractivity contribution in [3.05, 3.63) is 71.8 Å². The SMILES string of the molecule is OC(c1ccccc1)(c1ccccc1)C1CCCC[N]1. The van der Waals surface area contributed by atoms with Crippen LogP contribution in [0.2, 0.25) is 0 Å². The monoisotopic (exact) mass is 266 g/mol. The first kappa shape index (κ1) is 13.3. The second-order valence-corrected chi connectivity index (χ2v) is 5.42. The van der Waals surface area contributed by atoms with Crippen LogP contribution in [0.15, 0.2) is 60.7 Å². The Labute approximate surface area is 120 Å². The number of nitrogens with zero attached hydrogens (tertiary/aromatic N) is 1. The first-order chi connectivity index (χ1) is 9.82. The molecular formula is C18H20NO. The lowest BCUT2D eigenvalue weighted by molar-refractivity contribution is 0.0251. The summed E-state index contributed by atoms with van der Waals surface area (Å²) in [5, 5.41) is 16.2. The molecule has 1 saturated heterocycles. The molecule has 3 rings (SSSR count). The zero-order chi connectivity index (χ0) is 13.8. The highest BCUT2D eigenvalue weighted by molar-refractivity contribution is 5.38. The van der Waals surface area contributed by atoms with E-state index in [4.69, 9.17) is 5.32 Å². The lowest BCUT2D eigenvalue weighted by Crippen LogP contribution is -2.48. The van der Waals surface area contributed by atoms with Gasteiger partial charge in [0, 0.05) is 6.54 Å². The minimum Gasteiger partial charge on any atom is -0.379 e. The Balaban J connectivity index is 2.07. The number of hydrogen-bond acceptors (Lipinski definition) is 1. The van der Waals surface area contributed by atoms with Crippen LogP contribution in [0.25, 0.3) is 0 Å². The van der Waals surface area contributed by atoms with Crippen molar-refractivity contribution in [1.82, 2.24) is 5.32 Å². The molecule has 1 atom stereocenters. The van der Waals surface area contributed by atoms with Gasteiger partial charge in [-0.25, -0.2) is 5.32 Å². The summed E-state index contributed by atoms with van der Waals surface area (Å²) in [7, 11) is 0. The molecular weight excluding hydrogens is 246 g/mol. The Morgan fingerprint density at radius 1 is 0.850 bits per heavy atom. The summed E-state index contributed by atoms with van der Waals surface area (Å²) in [4.78, 5) is 0. The Morgan fingerprint density at radius 3 is 1.85 bits per heavy atom. The highest BCUT2D eigenvalue weighted by Crippen LogP contribution is 2.36. The molecule has 1 N–H and O–H groups in total. The molecule has 0 bridgehead atoms. The Kier molecular flexibility index (Phi) is 3.86. The summed E-state index contributed by atoms with van der Waals surface area (Å²) in [6.07, 6.45) is 3.21. The van der Waals surface area contributed by atoms with Crippen LogP contribution in [0, 0.1) is 0 Å². The molecule has 2 heteroatoms. The van der Waals surface area contributed by atoms with E-state index in [0.717, 1.165) is 36.9 Å². The summed E-state index contributed by atoms with van der Waals surface area (Å²) in [5.74, 6) is 0. The van der Waals surface area contributed by atoms with E-state index < -0.39 is 5.60 Å². The molecule has 0 aliphatic carbocycles. The minimum atomic E-state index is -1.01. The van der Waals surface area contributed by atoms with Crippen LogP contribution < -0.4 is 5.32 Å². The van der Waals surface area contributed by atoms with Gasteiger partial charge in [0.05, 0.1) is 6.04 Å². The first-order valence-electron chi connectivity index (χ1n) is 7.32. The van der Waals surface area contributed by atoms with Crippen molar-refractivity contribution in [1.29, 1.82) is 0 Å². The number of hydrogen-bond donors (Lipinski definition) is 1. The maximum absolute atomic E-state index is 11.5. The maximum atomic E-state index is 11.5. The van der Waals surface area contributed by atoms with Crippen molar-refractivity contribution < 1.29 is 5.11 Å². The highest BCUT2D eigenvalue weighted by Gasteiger charge is 2.41. The third kappa shape index (κ3) is 2.37. The molecule has 2 aromatic rings. The van der Waals surface area contributed by atoms with Crippen molar-refractivity contribution in [2.45, 2.75) is 30.9 Å². The summed E-state index contributed by atoms with van der Waals surface area (Å²) in [6.45, 7) is 0.854. The average molecular weight is 266 g/mol. The number of benzene rings is 2. The molecule has 20 heavy (non-hydrogen) atoms. The van der Waals surface area contributed by atoms with Crippen molar-refractivity contribution in [3.8, 4) is 0 Å². The lowest BCUT2D eigenvalue weighted by Gasteiger charge is -2.39. The standard InChI is InChI=1S/C18H20NO/c20-18(15-9-3-1-4-10-15,16-11-5-2-6-12-16)17-13-7-8-14-19-17/h1-6,9-12,17,20H,7-8,13-14H2. The number of rotatable bonds is 3. The van der Waals surface area contributed by atoms with Gasteiger partial charge in [-0.3, -0.25) is 0 Å². The fourth-order valence-electron chi connectivity index (χ4n) is 3.06. The third-order valence-electron chi connectivity index (χ3n) is 4.15. The van der Waals surface area contributed by atoms with E-state index in [2.05, 4.69) is 0 Å². The smallest absolute Gasteiger partial charge is 0.131 e. The molecule has 2 aromatic carbocycles. The summed E-state index contributed by atoms with van der Waals surface area (Å²) in [5.41, 5.74) is 0.854. The fraction of sp³-hybridized carbons (Fsp3) is 0.333. The quantitative estimate of drug-likeness (QED) is 0.910. The third-order valence-corrected chi connectivity index (χ3v) is 4.15. The second-order valence-electron chi connectivity index (χ2n) is 5.42. The van der Waals surface area contributed by atoms with E-state index in [1.807, 2.05) is 60.7 Å². The van der Waals surface area contributed by atoms with Gasteiger partial charge in [-0.15, -0.1) is 0 Å². The van der Waals surface area contributed by atoms with Crippen molar-refractivity contribution in [3.63, 3.8) is 0 Å². The van der Waals surface area contributed by atoms with Gasteiger partial charge in [-0.05, 0) is 24.0 Å². The molecule has 0 spiro atoms. The van der Waals surface area contributed by atoms with Crippen LogP contribution in [-0.2, 0) is 5.60 Å².